The molecule has 0 aliphatic carbocycles. The number of halogens is 1. The van der Waals surface area contributed by atoms with Gasteiger partial charge in [0, 0.05) is 49.4 Å². The van der Waals surface area contributed by atoms with Gasteiger partial charge >= 0.3 is 6.09 Å². The summed E-state index contributed by atoms with van der Waals surface area (Å²) < 4.78 is 73.4. The first kappa shape index (κ1) is 79.5. The minimum Gasteiger partial charge on any atom is -0.493 e. The smallest absolute Gasteiger partial charge is 0.416 e. The third-order valence-electron chi connectivity index (χ3n) is 16.1. The number of carbonyl (C=O) groups excluding carboxylic acids is 7. The Labute approximate surface area is 592 Å². The van der Waals surface area contributed by atoms with Crippen LogP contribution in [0.1, 0.15) is 99.4 Å². The zero-order valence-electron chi connectivity index (χ0n) is 58.2. The highest BCUT2D eigenvalue weighted by Gasteiger charge is 2.45. The molecule has 7 rings (SSSR count). The molecule has 29 nitrogen and oxygen atoms in total. The number of nitrogens with one attached hydrogen (secondary N) is 4. The summed E-state index contributed by atoms with van der Waals surface area (Å²) in [4.78, 5) is 101. The first-order chi connectivity index (χ1) is 48.4. The number of rotatable bonds is 46. The molecule has 4 heterocycles. The normalized spacial score (nSPS) is 16.7. The molecule has 5 unspecified atom stereocenters. The fourth-order valence-corrected chi connectivity index (χ4v) is 11.0. The van der Waals surface area contributed by atoms with E-state index in [2.05, 4.69) is 42.2 Å². The molecule has 4 aliphatic heterocycles. The van der Waals surface area contributed by atoms with Crippen LogP contribution in [0, 0.1) is 5.92 Å². The standard InChI is InChI=1S/C70H97BrN8O21/c1-46(2)64(76-62(80)15-19-90-21-23-92-25-27-94-29-31-96-33-34-97-32-30-95-28-26-93-24-22-91-20-16-72-63(81)41-71)66(83)74-49(5)65(82)75-51-13-11-50(12-14-51)45-100-70(87)79-56-40-61(59(89-7)38-54(56)68(85)78-44-48(4)36-57(78)69(79)86)99-18-10-8-9-17-98-60-39-55-53(37-58(60)88-6)67(84)77-43-47(3)35-52(77)42-73-55/h11-14,37-40,42-44,46,49,52,57,64,69,86H,8-10,15-36,41,45H2,1-7H3,(H,72,81)(H,74,83)(H,75,82)(H,76,80). The number of anilines is 2. The zero-order valence-corrected chi connectivity index (χ0v) is 59.8. The van der Waals surface area contributed by atoms with Crippen LogP contribution in [-0.2, 0) is 68.4 Å². The van der Waals surface area contributed by atoms with Crippen LogP contribution >= 0.6 is 15.9 Å². The molecule has 550 valence electrons. The van der Waals surface area contributed by atoms with Gasteiger partial charge in [0.2, 0.25) is 23.6 Å². The van der Waals surface area contributed by atoms with E-state index in [-0.39, 0.29) is 84.7 Å². The molecule has 0 fully saturated rings. The minimum absolute atomic E-state index is 0.00429. The Balaban J connectivity index is 0.757. The summed E-state index contributed by atoms with van der Waals surface area (Å²) in [6.45, 7) is 15.8. The maximum atomic E-state index is 14.3. The Morgan fingerprint density at radius 2 is 1.12 bits per heavy atom. The number of aliphatic imine (C=N–C) groups is 1. The number of amides is 7. The summed E-state index contributed by atoms with van der Waals surface area (Å²) in [5, 5.41) is 23.1. The number of nitrogens with zero attached hydrogens (tertiary/aromatic N) is 4. The molecule has 4 aliphatic rings. The van der Waals surface area contributed by atoms with E-state index in [1.54, 1.807) is 67.6 Å². The van der Waals surface area contributed by atoms with Crippen LogP contribution in [0.25, 0.3) is 0 Å². The number of hydrogen-bond acceptors (Lipinski definition) is 22. The molecule has 0 aromatic heterocycles. The number of benzene rings is 3. The largest absolute Gasteiger partial charge is 0.493 e. The predicted molar refractivity (Wildman–Crippen MR) is 372 cm³/mol. The molecule has 100 heavy (non-hydrogen) atoms. The van der Waals surface area contributed by atoms with E-state index >= 15 is 0 Å². The average molecular weight is 1470 g/mol. The highest BCUT2D eigenvalue weighted by atomic mass is 79.9. The SMILES string of the molecule is COc1cc2c(cc1OCCCCCOc1cc3c(cc1OC)C(=O)N1C=C(C)CC1C(O)N3C(=O)OCc1ccc(NC(=O)C(C)NC(=O)C(NC(=O)CCOCCOCCOCCOCCOCCOCCOCCOCCNC(=O)CBr)C(C)C)cc1)N=CC1CC(C)=CN1C2=O. The summed E-state index contributed by atoms with van der Waals surface area (Å²) in [6.07, 6.45) is 5.81. The van der Waals surface area contributed by atoms with Gasteiger partial charge in [-0.1, -0.05) is 53.1 Å². The molecule has 7 amide bonds. The van der Waals surface area contributed by atoms with Crippen molar-refractivity contribution in [3.05, 3.63) is 88.8 Å². The van der Waals surface area contributed by atoms with Crippen molar-refractivity contribution >= 4 is 80.7 Å². The topological polar surface area (TPSA) is 330 Å². The third-order valence-corrected chi connectivity index (χ3v) is 16.6. The van der Waals surface area contributed by atoms with E-state index in [1.165, 1.54) is 38.2 Å². The van der Waals surface area contributed by atoms with Gasteiger partial charge in [0.15, 0.2) is 29.2 Å². The summed E-state index contributed by atoms with van der Waals surface area (Å²) in [6, 6.07) is 9.98. The average Bonchev–Trinajstić information content (AvgIpc) is 1.59. The lowest BCUT2D eigenvalue weighted by Crippen LogP contribution is -2.53. The lowest BCUT2D eigenvalue weighted by atomic mass is 10.0. The Hall–Kier alpha value is -7.78. The minimum atomic E-state index is -1.52. The molecule has 3 aromatic rings. The Kier molecular flexibility index (Phi) is 33.8. The predicted octanol–water partition coefficient (Wildman–Crippen LogP) is 6.38. The highest BCUT2D eigenvalue weighted by Crippen LogP contribution is 2.43. The second kappa shape index (κ2) is 42.5. The molecular formula is C70H97BrN8O21. The molecule has 0 bridgehead atoms. The molecule has 0 spiro atoms. The van der Waals surface area contributed by atoms with Crippen LogP contribution in [0.5, 0.6) is 23.0 Å². The number of ether oxygens (including phenoxy) is 13. The molecule has 30 heteroatoms. The summed E-state index contributed by atoms with van der Waals surface area (Å²) in [7, 11) is 2.97. The Morgan fingerprint density at radius 3 is 1.68 bits per heavy atom. The number of fused-ring (bicyclic) bond motifs is 4. The molecule has 5 atom stereocenters. The van der Waals surface area contributed by atoms with Crippen molar-refractivity contribution in [3.8, 4) is 23.0 Å². The number of aliphatic hydroxyl groups excluding tert-OH is 1. The fourth-order valence-electron chi connectivity index (χ4n) is 10.8. The highest BCUT2D eigenvalue weighted by molar-refractivity contribution is 9.09. The third kappa shape index (κ3) is 24.8. The fraction of sp³-hybridized carbons (Fsp3) is 0.571. The molecule has 0 saturated carbocycles. The van der Waals surface area contributed by atoms with Gasteiger partial charge in [-0.15, -0.1) is 0 Å². The van der Waals surface area contributed by atoms with Crippen molar-refractivity contribution in [2.45, 2.75) is 110 Å². The Bertz CT molecular complexity index is 3260. The van der Waals surface area contributed by atoms with Crippen LogP contribution in [0.3, 0.4) is 0 Å². The van der Waals surface area contributed by atoms with Gasteiger partial charge in [0.25, 0.3) is 11.8 Å². The van der Waals surface area contributed by atoms with Crippen molar-refractivity contribution in [1.82, 2.24) is 25.8 Å². The number of hydrogen-bond donors (Lipinski definition) is 5. The van der Waals surface area contributed by atoms with Gasteiger partial charge in [-0.05, 0) is 88.6 Å². The zero-order chi connectivity index (χ0) is 71.8. The molecule has 3 aromatic carbocycles. The summed E-state index contributed by atoms with van der Waals surface area (Å²) >= 11 is 3.08. The van der Waals surface area contributed by atoms with Gasteiger partial charge in [0.1, 0.15) is 18.7 Å². The second-order valence-corrected chi connectivity index (χ2v) is 24.7. The van der Waals surface area contributed by atoms with Gasteiger partial charge in [-0.3, -0.25) is 33.8 Å². The van der Waals surface area contributed by atoms with Crippen LogP contribution in [0.4, 0.5) is 21.9 Å². The number of aliphatic hydroxyl groups is 1. The van der Waals surface area contributed by atoms with Crippen molar-refractivity contribution in [2.75, 3.05) is 155 Å². The van der Waals surface area contributed by atoms with Crippen molar-refractivity contribution in [1.29, 1.82) is 0 Å². The molecule has 0 radical (unpaired) electrons. The van der Waals surface area contributed by atoms with Crippen LogP contribution < -0.4 is 45.1 Å². The van der Waals surface area contributed by atoms with Crippen LogP contribution in [0.2, 0.25) is 0 Å². The maximum absolute atomic E-state index is 14.3. The first-order valence-corrected chi connectivity index (χ1v) is 34.8. The molecular weight excluding hydrogens is 1370 g/mol. The van der Waals surface area contributed by atoms with E-state index in [4.69, 9.17) is 61.6 Å². The molecule has 5 N–H and O–H groups in total. The van der Waals surface area contributed by atoms with E-state index in [0.717, 1.165) is 22.5 Å². The van der Waals surface area contributed by atoms with Gasteiger partial charge in [0.05, 0.1) is 173 Å². The van der Waals surface area contributed by atoms with Crippen LogP contribution in [-0.4, -0.2) is 238 Å². The van der Waals surface area contributed by atoms with Crippen molar-refractivity contribution in [2.24, 2.45) is 10.9 Å². The van der Waals surface area contributed by atoms with E-state index in [9.17, 15) is 38.7 Å². The number of unbranched alkanes of at least 4 members (excludes halogenated alkanes) is 2. The van der Waals surface area contributed by atoms with E-state index < -0.39 is 54.1 Å². The first-order valence-electron chi connectivity index (χ1n) is 33.7. The van der Waals surface area contributed by atoms with E-state index in [1.807, 2.05) is 20.0 Å². The number of carbonyl (C=O) groups is 7. The monoisotopic (exact) mass is 1460 g/mol. The quantitative estimate of drug-likeness (QED) is 0.0303. The lowest BCUT2D eigenvalue weighted by molar-refractivity contribution is -0.132. The van der Waals surface area contributed by atoms with Crippen molar-refractivity contribution in [3.63, 3.8) is 0 Å². The number of methoxy groups -OCH3 is 2. The second-order valence-electron chi connectivity index (χ2n) is 24.2. The van der Waals surface area contributed by atoms with E-state index in [0.29, 0.717) is 165 Å². The van der Waals surface area contributed by atoms with Gasteiger partial charge < -0.3 is 97.8 Å². The van der Waals surface area contributed by atoms with Crippen molar-refractivity contribution < 1.29 is 100 Å². The maximum Gasteiger partial charge on any atom is 0.416 e. The van der Waals surface area contributed by atoms with Gasteiger partial charge in [-0.2, -0.15) is 0 Å². The summed E-state index contributed by atoms with van der Waals surface area (Å²) in [5.41, 5.74) is 3.94. The van der Waals surface area contributed by atoms with Gasteiger partial charge in [-0.25, -0.2) is 9.69 Å². The van der Waals surface area contributed by atoms with Crippen LogP contribution in [0.15, 0.2) is 77.1 Å². The summed E-state index contributed by atoms with van der Waals surface area (Å²) in [5.74, 6) is -1.09. The lowest BCUT2D eigenvalue weighted by Gasteiger charge is -2.31. The Morgan fingerprint density at radius 1 is 0.600 bits per heavy atom. The molecule has 0 saturated heterocycles. The number of alkyl halides is 1.